The number of hydrogen-bond acceptors (Lipinski definition) is 17. The standard InChI is InChI=1S/C34H32Cl3F2N5O3.C34H31Cl2F3N6O3.C33H30Cl3F2N5O2/c1-6-23(45)42-14-18-8-10-47-33-32(43(18)13-17(42)5)19-11-20(35)24(25-26(38)21(36)12-22(37)28(25)40)27(39)31(19)44(34(33)46)30-16(4)7-9-41-29(30)15(2)3;1-7-22(46)43-13-21-33(47)42(6)32-31(44(21)12-16(43)5)17-10-20(37)23(24-25(38)18(35)11-19(36)27(24)40)26(39)30(17)45(34(32)48)29-15(4)8-9-41-28(29)14(2)3;1-6-23(44)41-13-17-9-19-31(42(17)12-16(41)5)18-10-20(34)24(25-26(37)21(35)11-22(36)28(25)39)27(38)32(18)43(33(19)45)30-15(4)7-8-40-29(30)14(2)3/h6-7,9,11-12,15,17-18H,1,8,10,13-14,40H2,2-5H3;7-11,14,16,21H,1,12-13,40H2,2-6H3;6-8,10-11,14,16-17H,1,9,12-13,39H2,2-5H3. The number of nitrogens with zero attached hydrogens (tertiary/aromatic N) is 13. The maximum Gasteiger partial charge on any atom is 0.300 e. The molecule has 0 spiro atoms. The number of likely N-dealkylation sites (N-methyl/N-ethyl adjacent to an activating group) is 1. The molecule has 6 aromatic heterocycles. The van der Waals surface area contributed by atoms with Gasteiger partial charge in [0.1, 0.15) is 17.5 Å². The van der Waals surface area contributed by atoms with Crippen molar-refractivity contribution < 1.29 is 54.6 Å². The minimum absolute atomic E-state index is 0.00775. The Balaban J connectivity index is 0.000000151. The van der Waals surface area contributed by atoms with E-state index in [2.05, 4.69) is 34.7 Å². The van der Waals surface area contributed by atoms with Gasteiger partial charge in [-0.15, -0.1) is 0 Å². The fourth-order valence-electron chi connectivity index (χ4n) is 20.3. The van der Waals surface area contributed by atoms with Gasteiger partial charge in [0.15, 0.2) is 34.9 Å². The Hall–Kier alpha value is -12.1. The number of carbonyl (C=O) groups is 4. The van der Waals surface area contributed by atoms with Gasteiger partial charge in [-0.05, 0) is 149 Å². The number of pyridine rings is 6. The Labute approximate surface area is 839 Å². The van der Waals surface area contributed by atoms with Gasteiger partial charge in [0.2, 0.25) is 23.5 Å². The van der Waals surface area contributed by atoms with E-state index in [9.17, 15) is 33.6 Å². The molecule has 4 amide bonds. The van der Waals surface area contributed by atoms with E-state index >= 15 is 30.7 Å². The van der Waals surface area contributed by atoms with Gasteiger partial charge in [-0.2, -0.15) is 0 Å². The summed E-state index contributed by atoms with van der Waals surface area (Å²) in [5.41, 5.74) is 17.5. The lowest BCUT2D eigenvalue weighted by molar-refractivity contribution is -0.131. The van der Waals surface area contributed by atoms with Gasteiger partial charge < -0.3 is 56.2 Å². The van der Waals surface area contributed by atoms with Crippen molar-refractivity contribution in [2.45, 2.75) is 150 Å². The number of amides is 4. The minimum atomic E-state index is -1.31. The second kappa shape index (κ2) is 38.4. The SMILES string of the molecule is C=CC(=O)N1CC2C(=O)N(C)c3c(c4cc(F)c(-c5c(N)c(Cl)cc(Cl)c5F)c(F)c4n(-c4c(C)ccnc4C(C)C)c3=O)N2CC1C.C=CC(=O)N1CC2CCOc3c(c4cc(Cl)c(-c5c(N)c(Cl)cc(Cl)c5F)c(F)c4n(-c4c(C)ccnc4C(C)C)c3=O)N2CC1C.C=CC(=O)N1CC2Cc3c(c4cc(Cl)c(-c5c(N)c(Cl)cc(Cl)c5F)c(F)c4n(-c4c(C)ccnc4C(C)C)c3=O)N2CC1C. The van der Waals surface area contributed by atoms with E-state index < -0.39 is 125 Å². The highest BCUT2D eigenvalue weighted by atomic mass is 35.5. The molecule has 6 aliphatic heterocycles. The number of nitrogens with two attached hydrogens (primary N) is 3. The number of aryl methyl sites for hydroxylation is 3. The Morgan fingerprint density at radius 2 is 0.779 bits per heavy atom. The van der Waals surface area contributed by atoms with Crippen molar-refractivity contribution in [3.63, 3.8) is 0 Å². The maximum atomic E-state index is 17.5. The van der Waals surface area contributed by atoms with Gasteiger partial charge in [0, 0.05) is 139 Å². The van der Waals surface area contributed by atoms with E-state index in [1.54, 1.807) is 72.3 Å². The first-order valence-electron chi connectivity index (χ1n) is 44.7. The van der Waals surface area contributed by atoms with Gasteiger partial charge in [-0.1, -0.05) is 154 Å². The second-order valence-corrected chi connectivity index (χ2v) is 39.7. The molecule has 0 radical (unpaired) electrons. The number of carbonyl (C=O) groups excluding carboxylic acids is 4. The van der Waals surface area contributed by atoms with Crippen LogP contribution in [0.3, 0.4) is 0 Å². The molecular weight excluding hydrogens is 1980 g/mol. The summed E-state index contributed by atoms with van der Waals surface area (Å²) in [5, 5.41) is -1.45. The first-order valence-corrected chi connectivity index (χ1v) is 47.7. The van der Waals surface area contributed by atoms with Crippen LogP contribution in [0, 0.1) is 61.5 Å². The van der Waals surface area contributed by atoms with Crippen molar-refractivity contribution >= 4 is 189 Å². The van der Waals surface area contributed by atoms with Crippen LogP contribution >= 0.6 is 92.8 Å². The molecule has 24 nitrogen and oxygen atoms in total. The second-order valence-electron chi connectivity index (χ2n) is 36.5. The molecule has 6 aliphatic rings. The number of piperazine rings is 3. The largest absolute Gasteiger partial charge is 0.486 e. The lowest BCUT2D eigenvalue weighted by Crippen LogP contribution is -2.66. The topological polar surface area (TPSA) is 283 Å². The Kier molecular flexibility index (Phi) is 27.7. The lowest BCUT2D eigenvalue weighted by Gasteiger charge is -2.50. The zero-order chi connectivity index (χ0) is 102. The number of hydrogen-bond donors (Lipinski definition) is 3. The predicted octanol–water partition coefficient (Wildman–Crippen LogP) is 21.5. The van der Waals surface area contributed by atoms with Crippen LogP contribution in [-0.2, 0) is 25.6 Å². The number of benzene rings is 6. The molecular formula is C101H93Cl8F7N16O8. The Bertz CT molecular complexity index is 7530. The van der Waals surface area contributed by atoms with Crippen molar-refractivity contribution in [2.24, 2.45) is 0 Å². The summed E-state index contributed by atoms with van der Waals surface area (Å²) in [7, 11) is 1.40. The fraction of sp³-hybridized carbons (Fsp3) is 0.307. The van der Waals surface area contributed by atoms with Crippen LogP contribution in [0.15, 0.2) is 126 Å². The number of nitrogen functional groups attached to an aromatic ring is 3. The van der Waals surface area contributed by atoms with Crippen LogP contribution in [0.1, 0.15) is 126 Å². The van der Waals surface area contributed by atoms with Crippen LogP contribution in [0.2, 0.25) is 40.2 Å². The molecule has 0 bridgehead atoms. The third-order valence-corrected chi connectivity index (χ3v) is 29.3. The molecule has 39 heteroatoms. The summed E-state index contributed by atoms with van der Waals surface area (Å²) in [6, 6.07) is 9.93. The first kappa shape index (κ1) is 101. The fourth-order valence-corrected chi connectivity index (χ4v) is 22.2. The molecule has 3 fully saturated rings. The highest BCUT2D eigenvalue weighted by Crippen LogP contribution is 2.54. The third kappa shape index (κ3) is 16.4. The maximum absolute atomic E-state index is 17.5. The number of rotatable bonds is 12. The summed E-state index contributed by atoms with van der Waals surface area (Å²) in [4.78, 5) is 122. The zero-order valence-corrected chi connectivity index (χ0v) is 83.9. The molecule has 6 unspecified atom stereocenters. The molecule has 12 aromatic rings. The summed E-state index contributed by atoms with van der Waals surface area (Å²) >= 11 is 50.7. The van der Waals surface area contributed by atoms with Crippen LogP contribution < -0.4 is 58.2 Å². The van der Waals surface area contributed by atoms with E-state index in [4.69, 9.17) is 115 Å². The predicted molar refractivity (Wildman–Crippen MR) is 543 cm³/mol. The molecule has 3 saturated heterocycles. The quantitative estimate of drug-likeness (QED) is 0.0443. The van der Waals surface area contributed by atoms with E-state index in [0.717, 1.165) is 39.8 Å². The normalized spacial score (nSPS) is 17.7. The molecule has 18 rings (SSSR count). The summed E-state index contributed by atoms with van der Waals surface area (Å²) in [5.74, 6) is -9.56. The van der Waals surface area contributed by atoms with Gasteiger partial charge in [0.05, 0.1) is 156 Å². The van der Waals surface area contributed by atoms with Crippen LogP contribution in [0.25, 0.3) is 83.2 Å². The Morgan fingerprint density at radius 1 is 0.421 bits per heavy atom. The van der Waals surface area contributed by atoms with Crippen LogP contribution in [0.4, 0.5) is 70.5 Å². The van der Waals surface area contributed by atoms with Crippen molar-refractivity contribution in [2.75, 3.05) is 89.7 Å². The van der Waals surface area contributed by atoms with Crippen LogP contribution in [-0.4, -0.2) is 156 Å². The van der Waals surface area contributed by atoms with Gasteiger partial charge in [-0.25, -0.2) is 30.7 Å². The number of halogens is 15. The highest BCUT2D eigenvalue weighted by molar-refractivity contribution is 6.41. The van der Waals surface area contributed by atoms with Crippen molar-refractivity contribution in [3.05, 3.63) is 262 Å². The lowest BCUT2D eigenvalue weighted by atomic mass is 9.94. The van der Waals surface area contributed by atoms with E-state index in [-0.39, 0.29) is 170 Å². The van der Waals surface area contributed by atoms with Crippen molar-refractivity contribution in [3.8, 4) is 56.2 Å². The number of fused-ring (bicyclic) bond motifs is 15. The first-order chi connectivity index (χ1) is 66.2. The summed E-state index contributed by atoms with van der Waals surface area (Å²) in [6.45, 7) is 34.6. The van der Waals surface area contributed by atoms with E-state index in [1.807, 2.05) is 72.1 Å². The molecule has 6 aromatic carbocycles. The molecule has 140 heavy (non-hydrogen) atoms. The highest BCUT2D eigenvalue weighted by Gasteiger charge is 2.49. The molecule has 6 atom stereocenters. The Morgan fingerprint density at radius 3 is 1.19 bits per heavy atom. The third-order valence-electron chi connectivity index (χ3n) is 26.9. The monoisotopic (exact) mass is 2070 g/mol. The minimum Gasteiger partial charge on any atom is -0.486 e. The average Bonchev–Trinajstić information content (AvgIpc) is 0.829. The molecule has 6 N–H and O–H groups in total. The molecule has 730 valence electrons. The number of anilines is 7. The number of aromatic nitrogens is 6. The zero-order valence-electron chi connectivity index (χ0n) is 77.8. The molecule has 0 aliphatic carbocycles. The van der Waals surface area contributed by atoms with Gasteiger partial charge >= 0.3 is 0 Å². The average molecular weight is 2080 g/mol. The summed E-state index contributed by atoms with van der Waals surface area (Å²) in [6.07, 6.45) is 9.31. The van der Waals surface area contributed by atoms with Gasteiger partial charge in [-0.3, -0.25) is 62.2 Å². The van der Waals surface area contributed by atoms with Gasteiger partial charge in [0.25, 0.3) is 22.6 Å². The van der Waals surface area contributed by atoms with E-state index in [0.29, 0.717) is 106 Å². The molecule has 12 heterocycles. The van der Waals surface area contributed by atoms with Crippen molar-refractivity contribution in [1.82, 2.24) is 43.4 Å². The number of ether oxygens (including phenoxy) is 1. The smallest absolute Gasteiger partial charge is 0.300 e. The van der Waals surface area contributed by atoms with Crippen LogP contribution in [0.5, 0.6) is 5.75 Å². The molecule has 0 saturated carbocycles. The summed E-state index contributed by atoms with van der Waals surface area (Å²) < 4.78 is 126. The van der Waals surface area contributed by atoms with Crippen molar-refractivity contribution in [1.29, 1.82) is 0 Å². The van der Waals surface area contributed by atoms with E-state index in [1.165, 1.54) is 45.4 Å².